The predicted octanol–water partition coefficient (Wildman–Crippen LogP) is -7.72. The molecule has 16 heavy (non-hydrogen) atoms. The van der Waals surface area contributed by atoms with Gasteiger partial charge in [0.05, 0.1) is 0 Å². The fourth-order valence-corrected chi connectivity index (χ4v) is 1.21. The van der Waals surface area contributed by atoms with Crippen LogP contribution in [0.3, 0.4) is 0 Å². The first kappa shape index (κ1) is 17.7. The van der Waals surface area contributed by atoms with Gasteiger partial charge < -0.3 is 19.8 Å². The molecule has 1 aromatic carbocycles. The van der Waals surface area contributed by atoms with Crippen molar-refractivity contribution >= 4 is 11.9 Å². The van der Waals surface area contributed by atoms with Crippen molar-refractivity contribution in [3.63, 3.8) is 0 Å². The molecule has 0 aromatic heterocycles. The summed E-state index contributed by atoms with van der Waals surface area (Å²) >= 11 is 0. The molecule has 74 valence electrons. The van der Waals surface area contributed by atoms with Crippen molar-refractivity contribution in [2.24, 2.45) is 0 Å². The Balaban J connectivity index is 0. The van der Waals surface area contributed by atoms with Crippen LogP contribution in [0.25, 0.3) is 0 Å². The molecule has 0 aliphatic carbocycles. The van der Waals surface area contributed by atoms with E-state index in [2.05, 4.69) is 0 Å². The Bertz CT molecular complexity index is 331. The fourth-order valence-electron chi connectivity index (χ4n) is 1.21. The van der Waals surface area contributed by atoms with Gasteiger partial charge in [0.15, 0.2) is 0 Å². The van der Waals surface area contributed by atoms with E-state index in [1.165, 1.54) is 0 Å². The zero-order chi connectivity index (χ0) is 10.6. The van der Waals surface area contributed by atoms with Gasteiger partial charge in [-0.2, -0.15) is 0 Å². The molecule has 0 unspecified atom stereocenters. The summed E-state index contributed by atoms with van der Waals surface area (Å²) in [5.74, 6) is -2.45. The Hall–Kier alpha value is -0.645. The first-order valence-electron chi connectivity index (χ1n) is 4.06. The van der Waals surface area contributed by atoms with Crippen molar-refractivity contribution in [1.29, 1.82) is 0 Å². The second kappa shape index (κ2) is 8.50. The van der Waals surface area contributed by atoms with Crippen LogP contribution >= 0.6 is 0 Å². The third kappa shape index (κ3) is 6.05. The van der Waals surface area contributed by atoms with Gasteiger partial charge in [-0.1, -0.05) is 24.3 Å². The van der Waals surface area contributed by atoms with Gasteiger partial charge in [-0.25, -0.2) is 0 Å². The summed E-state index contributed by atoms with van der Waals surface area (Å²) in [6, 6.07) is 6.43. The maximum atomic E-state index is 10.3. The minimum Gasteiger partial charge on any atom is -0.550 e. The zero-order valence-corrected chi connectivity index (χ0v) is 9.36. The predicted molar refractivity (Wildman–Crippen MR) is 43.9 cm³/mol. The van der Waals surface area contributed by atoms with E-state index in [1.54, 1.807) is 24.3 Å². The number of rotatable bonds is 4. The Morgan fingerprint density at radius 1 is 0.875 bits per heavy atom. The third-order valence-electron chi connectivity index (χ3n) is 1.79. The van der Waals surface area contributed by atoms with Crippen molar-refractivity contribution in [3.8, 4) is 0 Å². The van der Waals surface area contributed by atoms with E-state index in [-0.39, 0.29) is 50.6 Å². The first-order chi connectivity index (χ1) is 6.59. The topological polar surface area (TPSA) is 80.3 Å². The van der Waals surface area contributed by atoms with Crippen molar-refractivity contribution in [3.05, 3.63) is 35.4 Å². The van der Waals surface area contributed by atoms with Crippen LogP contribution in [0, 0.1) is 0 Å². The van der Waals surface area contributed by atoms with Crippen molar-refractivity contribution in [2.75, 3.05) is 0 Å². The number of benzene rings is 1. The number of carboxylic acids is 2. The summed E-state index contributed by atoms with van der Waals surface area (Å²) in [6.07, 6.45) is -0.549. The molecule has 0 aliphatic rings. The van der Waals surface area contributed by atoms with Crippen LogP contribution in [0.4, 0.5) is 0 Å². The maximum Gasteiger partial charge on any atom is 1.00 e. The normalized spacial score (nSPS) is 8.50. The van der Waals surface area contributed by atoms with E-state index >= 15 is 0 Å². The average Bonchev–Trinajstić information content (AvgIpc) is 2.06. The van der Waals surface area contributed by atoms with Gasteiger partial charge in [0.25, 0.3) is 0 Å². The van der Waals surface area contributed by atoms with E-state index in [0.717, 1.165) is 0 Å². The van der Waals surface area contributed by atoms with Crippen LogP contribution in [0.5, 0.6) is 0 Å². The number of aliphatic carboxylic acids is 2. The van der Waals surface area contributed by atoms with Gasteiger partial charge in [-0.3, -0.25) is 0 Å². The summed E-state index contributed by atoms with van der Waals surface area (Å²) in [4.78, 5) is 20.7. The summed E-state index contributed by atoms with van der Waals surface area (Å²) in [7, 11) is 0. The molecule has 0 saturated carbocycles. The van der Waals surface area contributed by atoms with Gasteiger partial charge in [0, 0.05) is 24.8 Å². The second-order valence-electron chi connectivity index (χ2n) is 2.87. The molecule has 0 bridgehead atoms. The van der Waals surface area contributed by atoms with Crippen LogP contribution in [-0.2, 0) is 22.4 Å². The molecule has 6 heteroatoms. The molecule has 0 atom stereocenters. The van der Waals surface area contributed by atoms with Gasteiger partial charge in [0.1, 0.15) is 0 Å². The molecule has 0 N–H and O–H groups in total. The van der Waals surface area contributed by atoms with Crippen LogP contribution in [0.15, 0.2) is 24.3 Å². The van der Waals surface area contributed by atoms with E-state index in [0.29, 0.717) is 11.1 Å². The maximum absolute atomic E-state index is 10.3. The Labute approximate surface area is 117 Å². The van der Waals surface area contributed by atoms with E-state index in [1.807, 2.05) is 0 Å². The number of carboxylic acid groups (broad SMARTS) is 2. The number of carbonyl (C=O) groups excluding carboxylic acids is 2. The summed E-state index contributed by atoms with van der Waals surface area (Å²) in [5.41, 5.74) is 0.911. The summed E-state index contributed by atoms with van der Waals surface area (Å²) in [5, 5.41) is 20.7. The SMILES string of the molecule is O=C([O-])Cc1ccccc1CC(=O)[O-].[Li+].[Li+]. The molecule has 0 aliphatic heterocycles. The second-order valence-corrected chi connectivity index (χ2v) is 2.87. The largest absolute Gasteiger partial charge is 1.00 e. The quantitative estimate of drug-likeness (QED) is 0.458. The molecule has 1 aromatic rings. The molecule has 4 nitrogen and oxygen atoms in total. The molecule has 0 spiro atoms. The van der Waals surface area contributed by atoms with Gasteiger partial charge >= 0.3 is 37.7 Å². The van der Waals surface area contributed by atoms with Gasteiger partial charge in [0.2, 0.25) is 0 Å². The molecule has 0 radical (unpaired) electrons. The van der Waals surface area contributed by atoms with Crippen molar-refractivity contribution < 1.29 is 57.5 Å². The minimum atomic E-state index is -1.23. The number of hydrogen-bond donors (Lipinski definition) is 0. The van der Waals surface area contributed by atoms with E-state index in [9.17, 15) is 19.8 Å². The summed E-state index contributed by atoms with van der Waals surface area (Å²) in [6.45, 7) is 0. The number of carbonyl (C=O) groups is 2. The molecular weight excluding hydrogens is 198 g/mol. The van der Waals surface area contributed by atoms with Crippen molar-refractivity contribution in [2.45, 2.75) is 12.8 Å². The Morgan fingerprint density at radius 3 is 1.44 bits per heavy atom. The van der Waals surface area contributed by atoms with E-state index in [4.69, 9.17) is 0 Å². The Morgan fingerprint density at radius 2 is 1.19 bits per heavy atom. The molecular formula is C10H8Li2O4. The minimum absolute atomic E-state index is 0. The van der Waals surface area contributed by atoms with Crippen LogP contribution in [0.1, 0.15) is 11.1 Å². The molecule has 0 heterocycles. The standard InChI is InChI=1S/C10H10O4.2Li/c11-9(12)5-7-3-1-2-4-8(7)6-10(13)14;;/h1-4H,5-6H2,(H,11,12)(H,13,14);;/q;2*+1/p-2. The monoisotopic (exact) mass is 206 g/mol. The van der Waals surface area contributed by atoms with Crippen LogP contribution < -0.4 is 47.9 Å². The van der Waals surface area contributed by atoms with Crippen LogP contribution in [0.2, 0.25) is 0 Å². The van der Waals surface area contributed by atoms with Gasteiger partial charge in [-0.15, -0.1) is 0 Å². The molecule has 1 rings (SSSR count). The molecule has 0 amide bonds. The zero-order valence-electron chi connectivity index (χ0n) is 9.36. The Kier molecular flexibility index (Phi) is 9.42. The molecule has 0 saturated heterocycles. The van der Waals surface area contributed by atoms with Crippen molar-refractivity contribution in [1.82, 2.24) is 0 Å². The average molecular weight is 206 g/mol. The summed E-state index contributed by atoms with van der Waals surface area (Å²) < 4.78 is 0. The third-order valence-corrected chi connectivity index (χ3v) is 1.79. The van der Waals surface area contributed by atoms with Crippen LogP contribution in [-0.4, -0.2) is 11.9 Å². The van der Waals surface area contributed by atoms with E-state index < -0.39 is 11.9 Å². The van der Waals surface area contributed by atoms with Gasteiger partial charge in [-0.05, 0) is 11.1 Å². The smallest absolute Gasteiger partial charge is 0.550 e. The first-order valence-corrected chi connectivity index (χ1v) is 4.06. The fraction of sp³-hybridized carbons (Fsp3) is 0.200. The molecule has 0 fully saturated rings. The number of hydrogen-bond acceptors (Lipinski definition) is 4.